The number of piperidine rings is 1. The maximum atomic E-state index is 13.7. The number of benzene rings is 1. The van der Waals surface area contributed by atoms with Crippen molar-refractivity contribution in [3.63, 3.8) is 0 Å². The number of likely N-dealkylation sites (tertiary alicyclic amines) is 1. The molecule has 1 saturated heterocycles. The summed E-state index contributed by atoms with van der Waals surface area (Å²) >= 11 is 1.22. The summed E-state index contributed by atoms with van der Waals surface area (Å²) in [6, 6.07) is 5.94. The molecule has 1 aliphatic heterocycles. The Balaban J connectivity index is 1.85. The number of hydrogen-bond donors (Lipinski definition) is 0. The van der Waals surface area contributed by atoms with Gasteiger partial charge in [0.25, 0.3) is 5.56 Å². The number of hydrogen-bond acceptors (Lipinski definition) is 4. The van der Waals surface area contributed by atoms with Crippen molar-refractivity contribution in [1.82, 2.24) is 14.0 Å². The van der Waals surface area contributed by atoms with Gasteiger partial charge in [0.15, 0.2) is 0 Å². The van der Waals surface area contributed by atoms with Crippen LogP contribution in [0.1, 0.15) is 31.7 Å². The number of aryl methyl sites for hydroxylation is 1. The molecule has 4 rings (SSSR count). The SMILES string of the molecule is Cc1cc(-n2c(=O)c3sccc3n(CC(=O)N3CCCC[C@@H]3C)c2=O)ccc1F. The highest BCUT2D eigenvalue weighted by molar-refractivity contribution is 7.17. The van der Waals surface area contributed by atoms with Crippen LogP contribution in [0.4, 0.5) is 4.39 Å². The molecular weight excluding hydrogens is 393 g/mol. The smallest absolute Gasteiger partial charge is 0.336 e. The minimum atomic E-state index is -0.593. The number of aromatic nitrogens is 2. The van der Waals surface area contributed by atoms with Crippen molar-refractivity contribution in [2.45, 2.75) is 45.7 Å². The molecule has 3 aromatic rings. The van der Waals surface area contributed by atoms with Crippen LogP contribution in [0.5, 0.6) is 0 Å². The Morgan fingerprint density at radius 1 is 1.24 bits per heavy atom. The van der Waals surface area contributed by atoms with Gasteiger partial charge in [0, 0.05) is 12.6 Å². The van der Waals surface area contributed by atoms with Gasteiger partial charge in [-0.3, -0.25) is 14.2 Å². The number of amides is 1. The largest absolute Gasteiger partial charge is 0.338 e. The lowest BCUT2D eigenvalue weighted by atomic mass is 10.0. The molecule has 0 saturated carbocycles. The maximum Gasteiger partial charge on any atom is 0.336 e. The molecule has 0 N–H and O–H groups in total. The van der Waals surface area contributed by atoms with Gasteiger partial charge in [0.05, 0.1) is 11.2 Å². The fourth-order valence-corrected chi connectivity index (χ4v) is 4.75. The van der Waals surface area contributed by atoms with Crippen LogP contribution in [-0.4, -0.2) is 32.5 Å². The van der Waals surface area contributed by atoms with E-state index in [1.165, 1.54) is 34.1 Å². The van der Waals surface area contributed by atoms with Gasteiger partial charge in [-0.15, -0.1) is 11.3 Å². The Morgan fingerprint density at radius 3 is 2.76 bits per heavy atom. The highest BCUT2D eigenvalue weighted by Crippen LogP contribution is 2.20. The first-order chi connectivity index (χ1) is 13.9. The molecule has 3 heterocycles. The van der Waals surface area contributed by atoms with Crippen LogP contribution >= 0.6 is 11.3 Å². The lowest BCUT2D eigenvalue weighted by Crippen LogP contribution is -2.46. The second-order valence-corrected chi connectivity index (χ2v) is 8.43. The van der Waals surface area contributed by atoms with E-state index in [9.17, 15) is 18.8 Å². The fourth-order valence-electron chi connectivity index (χ4n) is 3.93. The van der Waals surface area contributed by atoms with Crippen molar-refractivity contribution in [2.24, 2.45) is 0 Å². The van der Waals surface area contributed by atoms with Gasteiger partial charge < -0.3 is 4.90 Å². The zero-order valence-electron chi connectivity index (χ0n) is 16.4. The molecule has 0 unspecified atom stereocenters. The Morgan fingerprint density at radius 2 is 2.03 bits per heavy atom. The molecule has 1 amide bonds. The van der Waals surface area contributed by atoms with Gasteiger partial charge >= 0.3 is 5.69 Å². The molecule has 0 spiro atoms. The Hall–Kier alpha value is -2.74. The number of thiophene rings is 1. The normalized spacial score (nSPS) is 17.1. The third-order valence-corrected chi connectivity index (χ3v) is 6.46. The standard InChI is InChI=1S/C21H22FN3O3S/c1-13-11-15(6-7-16(13)22)25-20(27)19-17(8-10-29-19)24(21(25)28)12-18(26)23-9-4-3-5-14(23)2/h6-8,10-11,14H,3-5,9,12H2,1-2H3/t14-/m0/s1. The van der Waals surface area contributed by atoms with Crippen LogP contribution in [0.3, 0.4) is 0 Å². The van der Waals surface area contributed by atoms with E-state index in [0.29, 0.717) is 28.0 Å². The maximum absolute atomic E-state index is 13.7. The molecule has 1 aliphatic rings. The van der Waals surface area contributed by atoms with Gasteiger partial charge in [-0.05, 0) is 68.3 Å². The molecule has 8 heteroatoms. The van der Waals surface area contributed by atoms with Crippen LogP contribution in [0.25, 0.3) is 15.9 Å². The first kappa shape index (κ1) is 19.6. The summed E-state index contributed by atoms with van der Waals surface area (Å²) in [7, 11) is 0. The predicted octanol–water partition coefficient (Wildman–Crippen LogP) is 3.06. The van der Waals surface area contributed by atoms with E-state index in [0.717, 1.165) is 23.8 Å². The molecule has 0 radical (unpaired) electrons. The first-order valence-electron chi connectivity index (χ1n) is 9.67. The number of fused-ring (bicyclic) bond motifs is 1. The van der Waals surface area contributed by atoms with Crippen LogP contribution < -0.4 is 11.2 Å². The fraction of sp³-hybridized carbons (Fsp3) is 0.381. The third-order valence-electron chi connectivity index (χ3n) is 5.57. The summed E-state index contributed by atoms with van der Waals surface area (Å²) in [5.41, 5.74) is 0.0376. The van der Waals surface area contributed by atoms with Gasteiger partial charge in [0.2, 0.25) is 5.91 Å². The molecule has 2 aromatic heterocycles. The predicted molar refractivity (Wildman–Crippen MR) is 111 cm³/mol. The molecule has 1 atom stereocenters. The minimum absolute atomic E-state index is 0.128. The van der Waals surface area contributed by atoms with Gasteiger partial charge in [-0.1, -0.05) is 0 Å². The summed E-state index contributed by atoms with van der Waals surface area (Å²) in [5, 5.41) is 1.73. The number of carbonyl (C=O) groups excluding carboxylic acids is 1. The van der Waals surface area contributed by atoms with Crippen LogP contribution in [0, 0.1) is 12.7 Å². The van der Waals surface area contributed by atoms with E-state index >= 15 is 0 Å². The average molecular weight is 415 g/mol. The highest BCUT2D eigenvalue weighted by Gasteiger charge is 2.25. The lowest BCUT2D eigenvalue weighted by Gasteiger charge is -2.33. The highest BCUT2D eigenvalue weighted by atomic mass is 32.1. The quantitative estimate of drug-likeness (QED) is 0.660. The molecule has 1 aromatic carbocycles. The van der Waals surface area contributed by atoms with E-state index in [-0.39, 0.29) is 18.5 Å². The number of carbonyl (C=O) groups is 1. The molecule has 1 fully saturated rings. The van der Waals surface area contributed by atoms with E-state index in [1.54, 1.807) is 18.4 Å². The molecule has 0 bridgehead atoms. The van der Waals surface area contributed by atoms with Crippen molar-refractivity contribution in [2.75, 3.05) is 6.54 Å². The molecule has 152 valence electrons. The van der Waals surface area contributed by atoms with E-state index in [1.807, 2.05) is 11.8 Å². The zero-order chi connectivity index (χ0) is 20.7. The Bertz CT molecular complexity index is 1210. The number of rotatable bonds is 3. The van der Waals surface area contributed by atoms with Crippen molar-refractivity contribution in [3.8, 4) is 5.69 Å². The van der Waals surface area contributed by atoms with E-state index in [4.69, 9.17) is 0 Å². The van der Waals surface area contributed by atoms with Crippen LogP contribution in [-0.2, 0) is 11.3 Å². The second kappa shape index (κ2) is 7.59. The lowest BCUT2D eigenvalue weighted by molar-refractivity contribution is -0.135. The van der Waals surface area contributed by atoms with E-state index in [2.05, 4.69) is 0 Å². The molecule has 6 nitrogen and oxygen atoms in total. The summed E-state index contributed by atoms with van der Waals surface area (Å²) in [5.74, 6) is -0.541. The third kappa shape index (κ3) is 3.42. The zero-order valence-corrected chi connectivity index (χ0v) is 17.2. The topological polar surface area (TPSA) is 64.3 Å². The molecular formula is C21H22FN3O3S. The summed E-state index contributed by atoms with van der Waals surface area (Å²) in [6.45, 7) is 4.14. The molecule has 0 aliphatic carbocycles. The van der Waals surface area contributed by atoms with E-state index < -0.39 is 17.1 Å². The minimum Gasteiger partial charge on any atom is -0.338 e. The summed E-state index contributed by atoms with van der Waals surface area (Å²) < 4.78 is 16.5. The van der Waals surface area contributed by atoms with Gasteiger partial charge in [-0.2, -0.15) is 0 Å². The van der Waals surface area contributed by atoms with Crippen molar-refractivity contribution in [3.05, 3.63) is 61.9 Å². The van der Waals surface area contributed by atoms with Crippen molar-refractivity contribution < 1.29 is 9.18 Å². The van der Waals surface area contributed by atoms with Gasteiger partial charge in [-0.25, -0.2) is 13.8 Å². The second-order valence-electron chi connectivity index (χ2n) is 7.51. The van der Waals surface area contributed by atoms with Crippen LogP contribution in [0.15, 0.2) is 39.2 Å². The van der Waals surface area contributed by atoms with Crippen molar-refractivity contribution in [1.29, 1.82) is 0 Å². The Kier molecular flexibility index (Phi) is 5.12. The molecule has 29 heavy (non-hydrogen) atoms. The number of nitrogens with zero attached hydrogens (tertiary/aromatic N) is 3. The first-order valence-corrected chi connectivity index (χ1v) is 10.6. The van der Waals surface area contributed by atoms with Crippen molar-refractivity contribution >= 4 is 27.5 Å². The summed E-state index contributed by atoms with van der Waals surface area (Å²) in [6.07, 6.45) is 2.99. The average Bonchev–Trinajstić information content (AvgIpc) is 3.18. The van der Waals surface area contributed by atoms with Gasteiger partial charge in [0.1, 0.15) is 17.1 Å². The monoisotopic (exact) mass is 415 g/mol. The summed E-state index contributed by atoms with van der Waals surface area (Å²) in [4.78, 5) is 41.0. The number of halogens is 1. The Labute approximate surface area is 170 Å². The van der Waals surface area contributed by atoms with Crippen LogP contribution in [0.2, 0.25) is 0 Å².